The predicted octanol–water partition coefficient (Wildman–Crippen LogP) is 2.13. The fraction of sp³-hybridized carbons (Fsp3) is 0.286. The highest BCUT2D eigenvalue weighted by molar-refractivity contribution is 7.11. The van der Waals surface area contributed by atoms with Crippen LogP contribution >= 0.6 is 11.3 Å². The molecular weight excluding hydrogens is 290 g/mol. The zero-order valence-electron chi connectivity index (χ0n) is 12.0. The van der Waals surface area contributed by atoms with Crippen LogP contribution in [0, 0.1) is 13.8 Å². The first kappa shape index (κ1) is 15.1. The van der Waals surface area contributed by atoms with E-state index < -0.39 is 5.97 Å². The molecule has 2 heterocycles. The molecule has 0 aliphatic heterocycles. The molecule has 6 nitrogen and oxygen atoms in total. The highest BCUT2D eigenvalue weighted by atomic mass is 32.1. The molecule has 0 atom stereocenters. The number of pyridine rings is 1. The Morgan fingerprint density at radius 2 is 2.05 bits per heavy atom. The van der Waals surface area contributed by atoms with Gasteiger partial charge in [0.1, 0.15) is 5.69 Å². The number of hydrogen-bond donors (Lipinski definition) is 1. The van der Waals surface area contributed by atoms with E-state index in [4.69, 9.17) is 5.11 Å². The third-order valence-electron chi connectivity index (χ3n) is 2.94. The molecule has 2 aromatic rings. The van der Waals surface area contributed by atoms with Crippen LogP contribution in [0.1, 0.15) is 36.4 Å². The van der Waals surface area contributed by atoms with Crippen LogP contribution in [-0.4, -0.2) is 38.9 Å². The van der Waals surface area contributed by atoms with Crippen LogP contribution < -0.4 is 0 Å². The van der Waals surface area contributed by atoms with Gasteiger partial charge in [0.2, 0.25) is 0 Å². The van der Waals surface area contributed by atoms with Crippen molar-refractivity contribution >= 4 is 23.2 Å². The Morgan fingerprint density at radius 1 is 1.33 bits per heavy atom. The summed E-state index contributed by atoms with van der Waals surface area (Å²) in [4.78, 5) is 34.0. The topological polar surface area (TPSA) is 83.4 Å². The fourth-order valence-electron chi connectivity index (χ4n) is 1.89. The third kappa shape index (κ3) is 3.43. The zero-order valence-corrected chi connectivity index (χ0v) is 12.8. The molecule has 21 heavy (non-hydrogen) atoms. The predicted molar refractivity (Wildman–Crippen MR) is 78.6 cm³/mol. The Bertz CT molecular complexity index is 697. The van der Waals surface area contributed by atoms with Gasteiger partial charge in [-0.2, -0.15) is 0 Å². The quantitative estimate of drug-likeness (QED) is 0.935. The lowest BCUT2D eigenvalue weighted by molar-refractivity contribution is 0.0693. The normalized spacial score (nSPS) is 10.4. The van der Waals surface area contributed by atoms with Crippen molar-refractivity contribution in [2.75, 3.05) is 7.05 Å². The Kier molecular flexibility index (Phi) is 4.32. The van der Waals surface area contributed by atoms with E-state index in [9.17, 15) is 9.59 Å². The van der Waals surface area contributed by atoms with Gasteiger partial charge in [-0.1, -0.05) is 0 Å². The number of nitrogens with zero attached hydrogens (tertiary/aromatic N) is 3. The number of carboxylic acid groups (broad SMARTS) is 1. The Morgan fingerprint density at radius 3 is 2.57 bits per heavy atom. The van der Waals surface area contributed by atoms with Crippen molar-refractivity contribution in [2.24, 2.45) is 0 Å². The van der Waals surface area contributed by atoms with E-state index >= 15 is 0 Å². The van der Waals surface area contributed by atoms with Gasteiger partial charge in [0.15, 0.2) is 0 Å². The van der Waals surface area contributed by atoms with Crippen molar-refractivity contribution in [1.29, 1.82) is 0 Å². The number of amides is 1. The molecule has 0 aliphatic carbocycles. The molecule has 1 amide bonds. The van der Waals surface area contributed by atoms with Crippen molar-refractivity contribution in [3.05, 3.63) is 45.2 Å². The first-order chi connectivity index (χ1) is 9.88. The van der Waals surface area contributed by atoms with Crippen LogP contribution in [0.25, 0.3) is 0 Å². The van der Waals surface area contributed by atoms with Gasteiger partial charge in [-0.15, -0.1) is 11.3 Å². The number of aromatic nitrogens is 2. The summed E-state index contributed by atoms with van der Waals surface area (Å²) in [7, 11) is 1.68. The summed E-state index contributed by atoms with van der Waals surface area (Å²) < 4.78 is 0. The minimum Gasteiger partial charge on any atom is -0.478 e. The van der Waals surface area contributed by atoms with Crippen LogP contribution in [0.5, 0.6) is 0 Å². The zero-order chi connectivity index (χ0) is 15.6. The number of aromatic carboxylic acids is 1. The molecule has 110 valence electrons. The van der Waals surface area contributed by atoms with E-state index in [1.165, 1.54) is 28.4 Å². The monoisotopic (exact) mass is 305 g/mol. The SMILES string of the molecule is Cc1ncc(CN(C)C(=O)c2ccc(C(=O)O)c(C)n2)s1. The van der Waals surface area contributed by atoms with Gasteiger partial charge >= 0.3 is 5.97 Å². The number of carboxylic acids is 1. The van der Waals surface area contributed by atoms with Gasteiger partial charge in [-0.3, -0.25) is 4.79 Å². The third-order valence-corrected chi connectivity index (χ3v) is 3.84. The van der Waals surface area contributed by atoms with Gasteiger partial charge < -0.3 is 10.0 Å². The molecule has 1 N–H and O–H groups in total. The minimum atomic E-state index is -1.05. The highest BCUT2D eigenvalue weighted by Gasteiger charge is 2.17. The Labute approximate surface area is 126 Å². The maximum atomic E-state index is 12.3. The molecule has 2 rings (SSSR count). The number of carbonyl (C=O) groups excluding carboxylic acids is 1. The first-order valence-electron chi connectivity index (χ1n) is 6.26. The summed E-state index contributed by atoms with van der Waals surface area (Å²) in [5.74, 6) is -1.30. The van der Waals surface area contributed by atoms with Gasteiger partial charge in [0.25, 0.3) is 5.91 Å². The molecule has 0 bridgehead atoms. The number of rotatable bonds is 4. The lowest BCUT2D eigenvalue weighted by Gasteiger charge is -2.16. The van der Waals surface area contributed by atoms with Gasteiger partial charge in [-0.05, 0) is 26.0 Å². The largest absolute Gasteiger partial charge is 0.478 e. The van der Waals surface area contributed by atoms with Gasteiger partial charge in [0, 0.05) is 18.1 Å². The number of carbonyl (C=O) groups is 2. The highest BCUT2D eigenvalue weighted by Crippen LogP contribution is 2.15. The lowest BCUT2D eigenvalue weighted by atomic mass is 10.2. The molecule has 7 heteroatoms. The number of thiazole rings is 1. The summed E-state index contributed by atoms with van der Waals surface area (Å²) in [5.41, 5.74) is 0.670. The Balaban J connectivity index is 2.15. The summed E-state index contributed by atoms with van der Waals surface area (Å²) in [6, 6.07) is 2.84. The molecule has 0 unspecified atom stereocenters. The summed E-state index contributed by atoms with van der Waals surface area (Å²) in [6.07, 6.45) is 1.75. The average molecular weight is 305 g/mol. The van der Waals surface area contributed by atoms with Crippen molar-refractivity contribution in [3.8, 4) is 0 Å². The second-order valence-electron chi connectivity index (χ2n) is 4.64. The van der Waals surface area contributed by atoms with Gasteiger partial charge in [-0.25, -0.2) is 14.8 Å². The second-order valence-corrected chi connectivity index (χ2v) is 5.96. The fourth-order valence-corrected chi connectivity index (χ4v) is 2.73. The smallest absolute Gasteiger partial charge is 0.337 e. The van der Waals surface area contributed by atoms with Crippen molar-refractivity contribution in [1.82, 2.24) is 14.9 Å². The van der Waals surface area contributed by atoms with Crippen LogP contribution in [0.3, 0.4) is 0 Å². The minimum absolute atomic E-state index is 0.104. The molecular formula is C14H15N3O3S. The van der Waals surface area contributed by atoms with E-state index in [2.05, 4.69) is 9.97 Å². The molecule has 0 radical (unpaired) electrons. The van der Waals surface area contributed by atoms with E-state index in [0.717, 1.165) is 9.88 Å². The van der Waals surface area contributed by atoms with Gasteiger partial charge in [0.05, 0.1) is 22.8 Å². The van der Waals surface area contributed by atoms with Crippen LogP contribution in [0.2, 0.25) is 0 Å². The van der Waals surface area contributed by atoms with E-state index in [0.29, 0.717) is 12.2 Å². The van der Waals surface area contributed by atoms with E-state index in [1.807, 2.05) is 6.92 Å². The average Bonchev–Trinajstić information content (AvgIpc) is 2.82. The molecule has 0 saturated heterocycles. The summed E-state index contributed by atoms with van der Waals surface area (Å²) >= 11 is 1.54. The van der Waals surface area contributed by atoms with E-state index in [1.54, 1.807) is 20.2 Å². The maximum Gasteiger partial charge on any atom is 0.337 e. The van der Waals surface area contributed by atoms with Crippen molar-refractivity contribution < 1.29 is 14.7 Å². The number of aryl methyl sites for hydroxylation is 2. The molecule has 0 aromatic carbocycles. The second kappa shape index (κ2) is 6.01. The van der Waals surface area contributed by atoms with Crippen LogP contribution in [0.4, 0.5) is 0 Å². The van der Waals surface area contributed by atoms with Crippen LogP contribution in [-0.2, 0) is 6.54 Å². The Hall–Kier alpha value is -2.28. The molecule has 0 fully saturated rings. The van der Waals surface area contributed by atoms with Crippen molar-refractivity contribution in [2.45, 2.75) is 20.4 Å². The standard InChI is InChI=1S/C14H15N3O3S/c1-8-11(14(19)20)4-5-12(16-8)13(18)17(3)7-10-6-15-9(2)21-10/h4-6H,7H2,1-3H3,(H,19,20). The summed E-state index contributed by atoms with van der Waals surface area (Å²) in [5, 5.41) is 9.91. The van der Waals surface area contributed by atoms with Crippen LogP contribution in [0.15, 0.2) is 18.3 Å². The number of hydrogen-bond acceptors (Lipinski definition) is 5. The summed E-state index contributed by atoms with van der Waals surface area (Å²) in [6.45, 7) is 3.93. The molecule has 0 spiro atoms. The molecule has 2 aromatic heterocycles. The maximum absolute atomic E-state index is 12.3. The lowest BCUT2D eigenvalue weighted by Crippen LogP contribution is -2.27. The molecule has 0 saturated carbocycles. The van der Waals surface area contributed by atoms with E-state index in [-0.39, 0.29) is 17.2 Å². The van der Waals surface area contributed by atoms with Crippen molar-refractivity contribution in [3.63, 3.8) is 0 Å². The molecule has 0 aliphatic rings. The first-order valence-corrected chi connectivity index (χ1v) is 7.08.